The molecule has 0 aromatic carbocycles. The number of hydrogen-bond donors (Lipinski definition) is 1. The van der Waals surface area contributed by atoms with Crippen LogP contribution < -0.4 is 10.9 Å². The number of nitrogens with one attached hydrogen (secondary N) is 1. The Hall–Kier alpha value is -1.70. The van der Waals surface area contributed by atoms with Gasteiger partial charge in [0.1, 0.15) is 5.69 Å². The van der Waals surface area contributed by atoms with Crippen LogP contribution in [-0.4, -0.2) is 42.2 Å². The van der Waals surface area contributed by atoms with Crippen molar-refractivity contribution in [1.29, 1.82) is 0 Å². The molecule has 1 aromatic rings. The van der Waals surface area contributed by atoms with E-state index < -0.39 is 15.7 Å². The SMILES string of the molecule is CC(C)CS(=O)(=O)CCNC(=O)c1ccc(=O)n(C)n1. The van der Waals surface area contributed by atoms with Crippen LogP contribution in [0.1, 0.15) is 24.3 Å². The van der Waals surface area contributed by atoms with Gasteiger partial charge in [0, 0.05) is 19.7 Å². The number of carbonyl (C=O) groups excluding carboxylic acids is 1. The van der Waals surface area contributed by atoms with Gasteiger partial charge in [0.2, 0.25) is 0 Å². The number of hydrogen-bond acceptors (Lipinski definition) is 5. The van der Waals surface area contributed by atoms with Crippen molar-refractivity contribution in [3.05, 3.63) is 28.2 Å². The van der Waals surface area contributed by atoms with Crippen LogP contribution >= 0.6 is 0 Å². The molecule has 20 heavy (non-hydrogen) atoms. The summed E-state index contributed by atoms with van der Waals surface area (Å²) in [7, 11) is -1.73. The lowest BCUT2D eigenvalue weighted by Crippen LogP contribution is -2.32. The molecule has 1 aromatic heterocycles. The zero-order valence-corrected chi connectivity index (χ0v) is 12.6. The van der Waals surface area contributed by atoms with Crippen molar-refractivity contribution in [2.24, 2.45) is 13.0 Å². The maximum atomic E-state index is 11.7. The summed E-state index contributed by atoms with van der Waals surface area (Å²) in [6.07, 6.45) is 0. The van der Waals surface area contributed by atoms with Crippen LogP contribution in [0.25, 0.3) is 0 Å². The Kier molecular flexibility index (Phi) is 5.43. The van der Waals surface area contributed by atoms with Gasteiger partial charge in [-0.1, -0.05) is 13.8 Å². The Morgan fingerprint density at radius 1 is 1.40 bits per heavy atom. The van der Waals surface area contributed by atoms with E-state index in [4.69, 9.17) is 0 Å². The second-order valence-corrected chi connectivity index (χ2v) is 7.17. The Morgan fingerprint density at radius 2 is 2.05 bits per heavy atom. The summed E-state index contributed by atoms with van der Waals surface area (Å²) in [6, 6.07) is 2.54. The van der Waals surface area contributed by atoms with Crippen molar-refractivity contribution in [3.8, 4) is 0 Å². The Morgan fingerprint density at radius 3 is 2.60 bits per heavy atom. The van der Waals surface area contributed by atoms with Crippen LogP contribution in [0.3, 0.4) is 0 Å². The minimum atomic E-state index is -3.16. The summed E-state index contributed by atoms with van der Waals surface area (Å²) in [5, 5.41) is 6.26. The molecule has 1 N–H and O–H groups in total. The normalized spacial score (nSPS) is 11.6. The topological polar surface area (TPSA) is 98.1 Å². The number of nitrogens with zero attached hydrogens (tertiary/aromatic N) is 2. The number of aromatic nitrogens is 2. The van der Waals surface area contributed by atoms with Crippen LogP contribution in [0, 0.1) is 5.92 Å². The maximum Gasteiger partial charge on any atom is 0.271 e. The highest BCUT2D eigenvalue weighted by molar-refractivity contribution is 7.91. The Balaban J connectivity index is 2.56. The standard InChI is InChI=1S/C12H19N3O4S/c1-9(2)8-20(18,19)7-6-13-12(17)10-4-5-11(16)15(3)14-10/h4-5,9H,6-8H2,1-3H3,(H,13,17). The lowest BCUT2D eigenvalue weighted by molar-refractivity contribution is 0.0949. The fourth-order valence-electron chi connectivity index (χ4n) is 1.63. The molecular weight excluding hydrogens is 282 g/mol. The maximum absolute atomic E-state index is 11.7. The molecule has 0 saturated carbocycles. The van der Waals surface area contributed by atoms with Gasteiger partial charge in [-0.25, -0.2) is 13.1 Å². The minimum Gasteiger partial charge on any atom is -0.350 e. The predicted octanol–water partition coefficient (Wildman–Crippen LogP) is -0.419. The van der Waals surface area contributed by atoms with Gasteiger partial charge < -0.3 is 5.32 Å². The lowest BCUT2D eigenvalue weighted by atomic mass is 10.3. The molecule has 0 spiro atoms. The highest BCUT2D eigenvalue weighted by Crippen LogP contribution is 2.00. The van der Waals surface area contributed by atoms with E-state index >= 15 is 0 Å². The molecule has 112 valence electrons. The average Bonchev–Trinajstić information content (AvgIpc) is 2.30. The van der Waals surface area contributed by atoms with E-state index in [0.717, 1.165) is 4.68 Å². The van der Waals surface area contributed by atoms with Crippen LogP contribution in [0.4, 0.5) is 0 Å². The Labute approximate surface area is 117 Å². The molecule has 0 atom stereocenters. The first-order valence-corrected chi connectivity index (χ1v) is 8.06. The average molecular weight is 301 g/mol. The third-order valence-electron chi connectivity index (χ3n) is 2.48. The summed E-state index contributed by atoms with van der Waals surface area (Å²) in [4.78, 5) is 22.9. The number of carbonyl (C=O) groups is 1. The van der Waals surface area contributed by atoms with Gasteiger partial charge in [0.15, 0.2) is 9.84 Å². The first-order chi connectivity index (χ1) is 9.21. The fourth-order valence-corrected chi connectivity index (χ4v) is 3.22. The van der Waals surface area contributed by atoms with Crippen molar-refractivity contribution in [3.63, 3.8) is 0 Å². The summed E-state index contributed by atoms with van der Waals surface area (Å²) in [6.45, 7) is 3.67. The molecule has 1 heterocycles. The molecular formula is C12H19N3O4S. The van der Waals surface area contributed by atoms with E-state index in [0.29, 0.717) is 0 Å². The quantitative estimate of drug-likeness (QED) is 0.769. The highest BCUT2D eigenvalue weighted by atomic mass is 32.2. The first kappa shape index (κ1) is 16.4. The molecule has 0 fully saturated rings. The number of rotatable bonds is 6. The summed E-state index contributed by atoms with van der Waals surface area (Å²) < 4.78 is 24.3. The second kappa shape index (κ2) is 6.65. The molecule has 1 amide bonds. The zero-order valence-electron chi connectivity index (χ0n) is 11.8. The number of amides is 1. The molecule has 0 unspecified atom stereocenters. The van der Waals surface area contributed by atoms with Crippen molar-refractivity contribution in [2.75, 3.05) is 18.1 Å². The molecule has 0 saturated heterocycles. The van der Waals surface area contributed by atoms with Gasteiger partial charge in [-0.05, 0) is 12.0 Å². The molecule has 0 radical (unpaired) electrons. The summed E-state index contributed by atoms with van der Waals surface area (Å²) >= 11 is 0. The second-order valence-electron chi connectivity index (χ2n) is 4.94. The van der Waals surface area contributed by atoms with Gasteiger partial charge in [-0.2, -0.15) is 5.10 Å². The highest BCUT2D eigenvalue weighted by Gasteiger charge is 2.14. The molecule has 0 aliphatic carbocycles. The molecule has 0 aliphatic heterocycles. The molecule has 0 aliphatic rings. The van der Waals surface area contributed by atoms with E-state index in [1.54, 1.807) is 0 Å². The lowest BCUT2D eigenvalue weighted by Gasteiger charge is -2.08. The smallest absolute Gasteiger partial charge is 0.271 e. The van der Waals surface area contributed by atoms with Crippen molar-refractivity contribution < 1.29 is 13.2 Å². The van der Waals surface area contributed by atoms with Crippen LogP contribution in [-0.2, 0) is 16.9 Å². The third kappa shape index (κ3) is 5.12. The number of aryl methyl sites for hydroxylation is 1. The minimum absolute atomic E-state index is 0.0262. The van der Waals surface area contributed by atoms with Crippen LogP contribution in [0.2, 0.25) is 0 Å². The largest absolute Gasteiger partial charge is 0.350 e. The molecule has 7 nitrogen and oxygen atoms in total. The van der Waals surface area contributed by atoms with Crippen LogP contribution in [0.15, 0.2) is 16.9 Å². The van der Waals surface area contributed by atoms with Crippen LogP contribution in [0.5, 0.6) is 0 Å². The van der Waals surface area contributed by atoms with E-state index in [1.165, 1.54) is 19.2 Å². The molecule has 0 bridgehead atoms. The van der Waals surface area contributed by atoms with Gasteiger partial charge in [0.25, 0.3) is 11.5 Å². The van der Waals surface area contributed by atoms with Gasteiger partial charge in [-0.3, -0.25) is 9.59 Å². The van der Waals surface area contributed by atoms with E-state index in [2.05, 4.69) is 10.4 Å². The van der Waals surface area contributed by atoms with Crippen molar-refractivity contribution in [1.82, 2.24) is 15.1 Å². The number of sulfone groups is 1. The predicted molar refractivity (Wildman–Crippen MR) is 75.3 cm³/mol. The summed E-state index contributed by atoms with van der Waals surface area (Å²) in [5.41, 5.74) is -0.241. The van der Waals surface area contributed by atoms with Crippen molar-refractivity contribution >= 4 is 15.7 Å². The first-order valence-electron chi connectivity index (χ1n) is 6.24. The van der Waals surface area contributed by atoms with Gasteiger partial charge in [0.05, 0.1) is 11.5 Å². The fraction of sp³-hybridized carbons (Fsp3) is 0.583. The summed E-state index contributed by atoms with van der Waals surface area (Å²) in [5.74, 6) is -0.453. The van der Waals surface area contributed by atoms with Crippen molar-refractivity contribution in [2.45, 2.75) is 13.8 Å². The molecule has 8 heteroatoms. The third-order valence-corrected chi connectivity index (χ3v) is 4.48. The monoisotopic (exact) mass is 301 g/mol. The Bertz CT molecular complexity index is 634. The zero-order chi connectivity index (χ0) is 15.3. The molecule has 1 rings (SSSR count). The van der Waals surface area contributed by atoms with E-state index in [1.807, 2.05) is 13.8 Å². The van der Waals surface area contributed by atoms with E-state index in [-0.39, 0.29) is 35.2 Å². The van der Waals surface area contributed by atoms with Gasteiger partial charge in [-0.15, -0.1) is 0 Å². The van der Waals surface area contributed by atoms with E-state index in [9.17, 15) is 18.0 Å². The van der Waals surface area contributed by atoms with Gasteiger partial charge >= 0.3 is 0 Å².